The van der Waals surface area contributed by atoms with E-state index in [1.165, 1.54) is 11.3 Å². The number of amides is 1. The zero-order valence-corrected chi connectivity index (χ0v) is 21.9. The van der Waals surface area contributed by atoms with Crippen LogP contribution in [0, 0.1) is 0 Å². The van der Waals surface area contributed by atoms with E-state index in [1.807, 2.05) is 37.3 Å². The molecular formula is C24H32N4O3SSi. The van der Waals surface area contributed by atoms with E-state index in [-0.39, 0.29) is 29.0 Å². The van der Waals surface area contributed by atoms with Gasteiger partial charge in [-0.1, -0.05) is 51.1 Å². The van der Waals surface area contributed by atoms with Crippen LogP contribution in [0.4, 0.5) is 0 Å². The van der Waals surface area contributed by atoms with Gasteiger partial charge in [-0.2, -0.15) is 0 Å². The van der Waals surface area contributed by atoms with Gasteiger partial charge in [0.25, 0.3) is 5.91 Å². The summed E-state index contributed by atoms with van der Waals surface area (Å²) in [6.45, 7) is 13.0. The Hall–Kier alpha value is -2.36. The molecule has 0 spiro atoms. The van der Waals surface area contributed by atoms with Crippen molar-refractivity contribution in [2.45, 2.75) is 76.7 Å². The SMILES string of the molecule is C[C@@H](O[Si](C)(C)C(C)(C)C)c1nnc(C2CC(NC(=O)c3ncc(-c4ccccc4)s3)C2)o1. The summed E-state index contributed by atoms with van der Waals surface area (Å²) in [6.07, 6.45) is 3.08. The van der Waals surface area contributed by atoms with E-state index in [1.54, 1.807) is 6.20 Å². The molecule has 1 aromatic carbocycles. The van der Waals surface area contributed by atoms with Gasteiger partial charge in [0.2, 0.25) is 11.8 Å². The van der Waals surface area contributed by atoms with Crippen molar-refractivity contribution in [1.29, 1.82) is 0 Å². The van der Waals surface area contributed by atoms with Gasteiger partial charge in [-0.05, 0) is 43.5 Å². The number of hydrogen-bond donors (Lipinski definition) is 1. The summed E-state index contributed by atoms with van der Waals surface area (Å²) in [5.74, 6) is 1.18. The quantitative estimate of drug-likeness (QED) is 0.417. The second-order valence-electron chi connectivity index (χ2n) is 10.2. The number of aromatic nitrogens is 3. The third kappa shape index (κ3) is 5.25. The van der Waals surface area contributed by atoms with E-state index in [4.69, 9.17) is 8.84 Å². The first kappa shape index (κ1) is 23.8. The first-order chi connectivity index (χ1) is 15.5. The highest BCUT2D eigenvalue weighted by molar-refractivity contribution is 7.17. The number of thiazole rings is 1. The lowest BCUT2D eigenvalue weighted by Gasteiger charge is -2.37. The molecule has 4 rings (SSSR count). The van der Waals surface area contributed by atoms with Crippen LogP contribution in [0.3, 0.4) is 0 Å². The summed E-state index contributed by atoms with van der Waals surface area (Å²) in [5.41, 5.74) is 1.07. The number of carbonyl (C=O) groups is 1. The second-order valence-corrected chi connectivity index (χ2v) is 16.0. The summed E-state index contributed by atoms with van der Waals surface area (Å²) in [6, 6.07) is 10.0. The maximum absolute atomic E-state index is 12.6. The first-order valence-corrected chi connectivity index (χ1v) is 15.1. The fourth-order valence-corrected chi connectivity index (χ4v) is 5.71. The Kier molecular flexibility index (Phi) is 6.57. The van der Waals surface area contributed by atoms with Crippen molar-refractivity contribution >= 4 is 25.6 Å². The summed E-state index contributed by atoms with van der Waals surface area (Å²) in [4.78, 5) is 17.9. The van der Waals surface area contributed by atoms with Gasteiger partial charge in [0.05, 0.1) is 4.88 Å². The van der Waals surface area contributed by atoms with E-state index >= 15 is 0 Å². The molecule has 1 amide bonds. The fraction of sp³-hybridized carbons (Fsp3) is 0.500. The minimum absolute atomic E-state index is 0.0860. The molecule has 2 heterocycles. The molecule has 1 fully saturated rings. The second kappa shape index (κ2) is 9.12. The van der Waals surface area contributed by atoms with Crippen molar-refractivity contribution < 1.29 is 13.6 Å². The minimum atomic E-state index is -1.92. The summed E-state index contributed by atoms with van der Waals surface area (Å²) < 4.78 is 12.3. The van der Waals surface area contributed by atoms with Gasteiger partial charge in [-0.25, -0.2) is 4.98 Å². The molecule has 3 aromatic rings. The van der Waals surface area contributed by atoms with Gasteiger partial charge in [-0.15, -0.1) is 21.5 Å². The van der Waals surface area contributed by atoms with Crippen LogP contribution >= 0.6 is 11.3 Å². The molecule has 9 heteroatoms. The normalized spacial score (nSPS) is 19.7. The van der Waals surface area contributed by atoms with Crippen molar-refractivity contribution in [1.82, 2.24) is 20.5 Å². The highest BCUT2D eigenvalue weighted by atomic mass is 32.1. The number of nitrogens with zero attached hydrogens (tertiary/aromatic N) is 3. The third-order valence-electron chi connectivity index (χ3n) is 6.66. The van der Waals surface area contributed by atoms with Gasteiger partial charge in [0.1, 0.15) is 6.10 Å². The third-order valence-corrected chi connectivity index (χ3v) is 12.3. The van der Waals surface area contributed by atoms with E-state index in [9.17, 15) is 4.79 Å². The van der Waals surface area contributed by atoms with Crippen LogP contribution in [0.25, 0.3) is 10.4 Å². The lowest BCUT2D eigenvalue weighted by Crippen LogP contribution is -2.43. The van der Waals surface area contributed by atoms with Gasteiger partial charge < -0.3 is 14.2 Å². The lowest BCUT2D eigenvalue weighted by molar-refractivity contribution is 0.0901. The number of benzene rings is 1. The highest BCUT2D eigenvalue weighted by Crippen LogP contribution is 2.41. The van der Waals surface area contributed by atoms with Crippen molar-refractivity contribution in [3.63, 3.8) is 0 Å². The summed E-state index contributed by atoms with van der Waals surface area (Å²) in [5, 5.41) is 12.2. The Morgan fingerprint density at radius 2 is 1.91 bits per heavy atom. The summed E-state index contributed by atoms with van der Waals surface area (Å²) in [7, 11) is -1.92. The number of rotatable bonds is 7. The van der Waals surface area contributed by atoms with Crippen molar-refractivity contribution in [2.24, 2.45) is 0 Å². The molecule has 0 unspecified atom stereocenters. The molecule has 0 saturated heterocycles. The smallest absolute Gasteiger partial charge is 0.280 e. The van der Waals surface area contributed by atoms with E-state index in [0.29, 0.717) is 16.8 Å². The predicted octanol–water partition coefficient (Wildman–Crippen LogP) is 5.95. The predicted molar refractivity (Wildman–Crippen MR) is 132 cm³/mol. The van der Waals surface area contributed by atoms with Crippen LogP contribution in [-0.2, 0) is 4.43 Å². The fourth-order valence-electron chi connectivity index (χ4n) is 3.54. The van der Waals surface area contributed by atoms with Gasteiger partial charge in [0, 0.05) is 18.2 Å². The average molecular weight is 485 g/mol. The number of hydrogen-bond acceptors (Lipinski definition) is 7. The minimum Gasteiger partial charge on any atom is -0.422 e. The largest absolute Gasteiger partial charge is 0.422 e. The Labute approximate surface area is 200 Å². The average Bonchev–Trinajstić information content (AvgIpc) is 3.40. The first-order valence-electron chi connectivity index (χ1n) is 11.4. The molecule has 33 heavy (non-hydrogen) atoms. The van der Waals surface area contributed by atoms with Crippen LogP contribution < -0.4 is 5.32 Å². The van der Waals surface area contributed by atoms with Gasteiger partial charge >= 0.3 is 0 Å². The standard InChI is InChI=1S/C24H32N4O3SSi/c1-15(31-33(5,6)24(2,3)4)21-27-28-22(30-21)17-12-18(13-17)26-20(29)23-25-14-19(32-23)16-10-8-7-9-11-16/h7-11,14-15,17-18H,12-13H2,1-6H3,(H,26,29)/t15-,17?,18?/m1/s1. The Bertz CT molecular complexity index is 1100. The van der Waals surface area contributed by atoms with Gasteiger partial charge in [-0.3, -0.25) is 4.79 Å². The van der Waals surface area contributed by atoms with E-state index in [0.717, 1.165) is 23.3 Å². The Morgan fingerprint density at radius 3 is 2.58 bits per heavy atom. The van der Waals surface area contributed by atoms with Crippen molar-refractivity contribution in [3.8, 4) is 10.4 Å². The molecule has 7 nitrogen and oxygen atoms in total. The molecule has 1 aliphatic rings. The number of nitrogens with one attached hydrogen (secondary N) is 1. The summed E-state index contributed by atoms with van der Waals surface area (Å²) >= 11 is 1.41. The monoisotopic (exact) mass is 484 g/mol. The molecule has 1 N–H and O–H groups in total. The zero-order chi connectivity index (χ0) is 23.8. The molecule has 2 aromatic heterocycles. The molecule has 0 bridgehead atoms. The lowest BCUT2D eigenvalue weighted by atomic mass is 9.80. The van der Waals surface area contributed by atoms with Crippen LogP contribution in [-0.4, -0.2) is 35.4 Å². The van der Waals surface area contributed by atoms with E-state index in [2.05, 4.69) is 54.4 Å². The molecule has 1 aliphatic carbocycles. The van der Waals surface area contributed by atoms with Crippen molar-refractivity contribution in [2.75, 3.05) is 0 Å². The van der Waals surface area contributed by atoms with Crippen molar-refractivity contribution in [3.05, 3.63) is 53.3 Å². The Balaban J connectivity index is 1.29. The van der Waals surface area contributed by atoms with Crippen LogP contribution in [0.15, 0.2) is 40.9 Å². The maximum atomic E-state index is 12.6. The Morgan fingerprint density at radius 1 is 1.21 bits per heavy atom. The molecule has 0 aliphatic heterocycles. The molecule has 1 saturated carbocycles. The van der Waals surface area contributed by atoms with Crippen LogP contribution in [0.1, 0.15) is 74.1 Å². The van der Waals surface area contributed by atoms with Gasteiger partial charge in [0.15, 0.2) is 13.3 Å². The van der Waals surface area contributed by atoms with Crippen LogP contribution in [0.2, 0.25) is 18.1 Å². The molecule has 0 radical (unpaired) electrons. The highest BCUT2D eigenvalue weighted by Gasteiger charge is 2.40. The number of carbonyl (C=O) groups excluding carboxylic acids is 1. The maximum Gasteiger partial charge on any atom is 0.280 e. The zero-order valence-electron chi connectivity index (χ0n) is 20.1. The molecule has 176 valence electrons. The molecule has 1 atom stereocenters. The van der Waals surface area contributed by atoms with Crippen LogP contribution in [0.5, 0.6) is 0 Å². The molecular weight excluding hydrogens is 452 g/mol. The van der Waals surface area contributed by atoms with E-state index < -0.39 is 8.32 Å². The topological polar surface area (TPSA) is 90.1 Å².